The van der Waals surface area contributed by atoms with Crippen molar-refractivity contribution < 1.29 is 9.53 Å². The highest BCUT2D eigenvalue weighted by atomic mass is 16.5. The monoisotopic (exact) mass is 254 g/mol. The van der Waals surface area contributed by atoms with Crippen molar-refractivity contribution in [3.05, 3.63) is 0 Å². The lowest BCUT2D eigenvalue weighted by molar-refractivity contribution is -0.132. The molecule has 0 aromatic carbocycles. The van der Waals surface area contributed by atoms with Crippen molar-refractivity contribution in [1.82, 2.24) is 5.32 Å². The van der Waals surface area contributed by atoms with Crippen LogP contribution in [0.15, 0.2) is 0 Å². The van der Waals surface area contributed by atoms with Gasteiger partial charge in [0.25, 0.3) is 0 Å². The van der Waals surface area contributed by atoms with Crippen molar-refractivity contribution in [3.8, 4) is 0 Å². The van der Waals surface area contributed by atoms with Crippen molar-refractivity contribution in [2.45, 2.75) is 57.4 Å². The highest BCUT2D eigenvalue weighted by Crippen LogP contribution is 2.34. The van der Waals surface area contributed by atoms with E-state index in [9.17, 15) is 4.79 Å². The van der Waals surface area contributed by atoms with Crippen molar-refractivity contribution >= 4 is 5.91 Å². The van der Waals surface area contributed by atoms with E-state index in [0.717, 1.165) is 51.7 Å². The Morgan fingerprint density at radius 1 is 1.17 bits per heavy atom. The van der Waals surface area contributed by atoms with E-state index in [-0.39, 0.29) is 17.4 Å². The first-order valence-electron chi connectivity index (χ1n) is 7.36. The van der Waals surface area contributed by atoms with Gasteiger partial charge < -0.3 is 15.8 Å². The van der Waals surface area contributed by atoms with Crippen LogP contribution in [0.2, 0.25) is 0 Å². The summed E-state index contributed by atoms with van der Waals surface area (Å²) in [4.78, 5) is 12.5. The number of rotatable bonds is 3. The topological polar surface area (TPSA) is 64.4 Å². The number of carbonyl (C=O) groups is 1. The van der Waals surface area contributed by atoms with Gasteiger partial charge in [0.1, 0.15) is 0 Å². The molecule has 0 unspecified atom stereocenters. The number of ether oxygens (including phenoxy) is 1. The first-order valence-corrected chi connectivity index (χ1v) is 7.36. The lowest BCUT2D eigenvalue weighted by Crippen LogP contribution is -2.50. The number of hydrogen-bond acceptors (Lipinski definition) is 3. The van der Waals surface area contributed by atoms with Crippen LogP contribution < -0.4 is 11.1 Å². The van der Waals surface area contributed by atoms with Crippen LogP contribution in [-0.2, 0) is 9.53 Å². The predicted molar refractivity (Wildman–Crippen MR) is 71.2 cm³/mol. The predicted octanol–water partition coefficient (Wildman–Crippen LogP) is 1.58. The van der Waals surface area contributed by atoms with Crippen molar-refractivity contribution in [3.63, 3.8) is 0 Å². The summed E-state index contributed by atoms with van der Waals surface area (Å²) >= 11 is 0. The number of nitrogens with one attached hydrogen (secondary N) is 1. The van der Waals surface area contributed by atoms with E-state index >= 15 is 0 Å². The molecule has 1 saturated heterocycles. The molecule has 4 nitrogen and oxygen atoms in total. The largest absolute Gasteiger partial charge is 0.381 e. The fourth-order valence-electron chi connectivity index (χ4n) is 3.11. The Balaban J connectivity index is 1.94. The zero-order chi connectivity index (χ0) is 12.8. The second kappa shape index (κ2) is 6.53. The van der Waals surface area contributed by atoms with E-state index in [1.807, 2.05) is 0 Å². The van der Waals surface area contributed by atoms with Gasteiger partial charge in [0.05, 0.1) is 5.41 Å². The molecule has 18 heavy (non-hydrogen) atoms. The molecule has 0 atom stereocenters. The Kier molecular flexibility index (Phi) is 5.01. The lowest BCUT2D eigenvalue weighted by Gasteiger charge is -2.33. The molecule has 0 bridgehead atoms. The molecular formula is C14H26N2O2. The second-order valence-corrected chi connectivity index (χ2v) is 5.76. The Hall–Kier alpha value is -0.610. The minimum atomic E-state index is -0.297. The number of amides is 1. The minimum Gasteiger partial charge on any atom is -0.381 e. The fraction of sp³-hybridized carbons (Fsp3) is 0.929. The Morgan fingerprint density at radius 3 is 2.33 bits per heavy atom. The van der Waals surface area contributed by atoms with Gasteiger partial charge in [0, 0.05) is 25.8 Å². The quantitative estimate of drug-likeness (QED) is 0.752. The minimum absolute atomic E-state index is 0.193. The zero-order valence-electron chi connectivity index (χ0n) is 11.2. The van der Waals surface area contributed by atoms with Gasteiger partial charge in [-0.1, -0.05) is 25.7 Å². The second-order valence-electron chi connectivity index (χ2n) is 5.76. The van der Waals surface area contributed by atoms with Gasteiger partial charge in [-0.25, -0.2) is 0 Å². The molecule has 4 heteroatoms. The molecule has 0 spiro atoms. The van der Waals surface area contributed by atoms with E-state index in [1.165, 1.54) is 12.8 Å². The Labute approximate surface area is 110 Å². The van der Waals surface area contributed by atoms with Crippen LogP contribution in [0.1, 0.15) is 51.4 Å². The Morgan fingerprint density at radius 2 is 1.78 bits per heavy atom. The molecule has 2 rings (SSSR count). The first-order chi connectivity index (χ1) is 8.77. The average Bonchev–Trinajstić information content (AvgIpc) is 2.66. The van der Waals surface area contributed by atoms with Crippen molar-refractivity contribution in [1.29, 1.82) is 0 Å². The van der Waals surface area contributed by atoms with Crippen molar-refractivity contribution in [2.24, 2.45) is 11.1 Å². The molecule has 0 radical (unpaired) electrons. The number of carbonyl (C=O) groups excluding carboxylic acids is 1. The molecule has 1 amide bonds. The third-order valence-electron chi connectivity index (χ3n) is 4.49. The summed E-state index contributed by atoms with van der Waals surface area (Å²) in [7, 11) is 0. The van der Waals surface area contributed by atoms with Gasteiger partial charge in [-0.15, -0.1) is 0 Å². The van der Waals surface area contributed by atoms with Crippen LogP contribution in [0, 0.1) is 5.41 Å². The highest BCUT2D eigenvalue weighted by Gasteiger charge is 2.38. The van der Waals surface area contributed by atoms with E-state index in [0.29, 0.717) is 6.54 Å². The van der Waals surface area contributed by atoms with Crippen LogP contribution in [0.3, 0.4) is 0 Å². The molecule has 0 aromatic rings. The van der Waals surface area contributed by atoms with Gasteiger partial charge >= 0.3 is 0 Å². The lowest BCUT2D eigenvalue weighted by atomic mass is 9.79. The van der Waals surface area contributed by atoms with Gasteiger partial charge in [-0.05, 0) is 25.7 Å². The van der Waals surface area contributed by atoms with Gasteiger partial charge in [0.15, 0.2) is 0 Å². The summed E-state index contributed by atoms with van der Waals surface area (Å²) in [5, 5.41) is 3.21. The molecule has 0 aromatic heterocycles. The smallest absolute Gasteiger partial charge is 0.227 e. The van der Waals surface area contributed by atoms with E-state index in [1.54, 1.807) is 0 Å². The van der Waals surface area contributed by atoms with Crippen LogP contribution in [0.25, 0.3) is 0 Å². The molecule has 2 aliphatic rings. The molecule has 1 aliphatic heterocycles. The average molecular weight is 254 g/mol. The Bertz CT molecular complexity index is 267. The summed E-state index contributed by atoms with van der Waals surface area (Å²) in [6, 6.07) is 0.290. The SMILES string of the molecule is NCC1(C(=O)NC2CCOCC2)CCCCCC1. The third-order valence-corrected chi connectivity index (χ3v) is 4.49. The van der Waals surface area contributed by atoms with Crippen LogP contribution in [0.4, 0.5) is 0 Å². The number of hydrogen-bond donors (Lipinski definition) is 2. The summed E-state index contributed by atoms with van der Waals surface area (Å²) in [6.07, 6.45) is 8.55. The number of nitrogens with two attached hydrogens (primary N) is 1. The third kappa shape index (κ3) is 3.23. The maximum absolute atomic E-state index is 12.5. The van der Waals surface area contributed by atoms with Gasteiger partial charge in [-0.2, -0.15) is 0 Å². The molecule has 3 N–H and O–H groups in total. The summed E-state index contributed by atoms with van der Waals surface area (Å²) < 4.78 is 5.32. The van der Waals surface area contributed by atoms with E-state index in [2.05, 4.69) is 5.32 Å². The van der Waals surface area contributed by atoms with Crippen LogP contribution in [-0.4, -0.2) is 31.7 Å². The van der Waals surface area contributed by atoms with Gasteiger partial charge in [-0.3, -0.25) is 4.79 Å². The molecule has 104 valence electrons. The fourth-order valence-corrected chi connectivity index (χ4v) is 3.11. The molecular weight excluding hydrogens is 228 g/mol. The molecule has 1 saturated carbocycles. The first kappa shape index (κ1) is 13.8. The highest BCUT2D eigenvalue weighted by molar-refractivity contribution is 5.83. The van der Waals surface area contributed by atoms with Crippen molar-refractivity contribution in [2.75, 3.05) is 19.8 Å². The van der Waals surface area contributed by atoms with E-state index in [4.69, 9.17) is 10.5 Å². The van der Waals surface area contributed by atoms with Crippen LogP contribution >= 0.6 is 0 Å². The van der Waals surface area contributed by atoms with Crippen LogP contribution in [0.5, 0.6) is 0 Å². The standard InChI is InChI=1S/C14H26N2O2/c15-11-14(7-3-1-2-4-8-14)13(17)16-12-5-9-18-10-6-12/h12H,1-11,15H2,(H,16,17). The maximum atomic E-state index is 12.5. The van der Waals surface area contributed by atoms with E-state index < -0.39 is 0 Å². The summed E-state index contributed by atoms with van der Waals surface area (Å²) in [6.45, 7) is 2.02. The maximum Gasteiger partial charge on any atom is 0.227 e. The zero-order valence-corrected chi connectivity index (χ0v) is 11.2. The molecule has 1 heterocycles. The normalized spacial score (nSPS) is 25.4. The summed E-state index contributed by atoms with van der Waals surface area (Å²) in [5.74, 6) is 0.193. The molecule has 1 aliphatic carbocycles. The summed E-state index contributed by atoms with van der Waals surface area (Å²) in [5.41, 5.74) is 5.63. The molecule has 2 fully saturated rings. The van der Waals surface area contributed by atoms with Gasteiger partial charge in [0.2, 0.25) is 5.91 Å².